The summed E-state index contributed by atoms with van der Waals surface area (Å²) in [6.07, 6.45) is 4.66. The third-order valence-electron chi connectivity index (χ3n) is 3.87. The van der Waals surface area contributed by atoms with Gasteiger partial charge >= 0.3 is 6.09 Å². The van der Waals surface area contributed by atoms with Gasteiger partial charge in [0.25, 0.3) is 0 Å². The highest BCUT2D eigenvalue weighted by Crippen LogP contribution is 2.32. The largest absolute Gasteiger partial charge is 0.462 e. The molecule has 1 unspecified atom stereocenters. The summed E-state index contributed by atoms with van der Waals surface area (Å²) in [5.74, 6) is 0.289. The molecule has 0 aliphatic carbocycles. The summed E-state index contributed by atoms with van der Waals surface area (Å²) in [5, 5.41) is 8.86. The number of imidazole rings is 1. The van der Waals surface area contributed by atoms with Crippen molar-refractivity contribution >= 4 is 45.0 Å². The predicted molar refractivity (Wildman–Crippen MR) is 108 cm³/mol. The molecule has 0 fully saturated rings. The third kappa shape index (κ3) is 4.18. The molecule has 0 aliphatic heterocycles. The van der Waals surface area contributed by atoms with Crippen LogP contribution in [0, 0.1) is 0 Å². The molecular weight excluding hydrogens is 382 g/mol. The molecule has 0 aliphatic rings. The minimum Gasteiger partial charge on any atom is -0.462 e. The molecule has 1 amide bonds. The summed E-state index contributed by atoms with van der Waals surface area (Å²) in [5.41, 5.74) is 7.27. The fraction of sp³-hybridized carbons (Fsp3) is 0.333. The Morgan fingerprint density at radius 2 is 2.18 bits per heavy atom. The summed E-state index contributed by atoms with van der Waals surface area (Å²) >= 11 is 0. The van der Waals surface area contributed by atoms with Gasteiger partial charge in [0.05, 0.1) is 16.7 Å². The van der Waals surface area contributed by atoms with Gasteiger partial charge in [0, 0.05) is 18.5 Å². The van der Waals surface area contributed by atoms with Crippen LogP contribution in [0.15, 0.2) is 39.9 Å². The Morgan fingerprint density at radius 1 is 1.43 bits per heavy atom. The number of ether oxygens (including phenoxy) is 1. The number of fused-ring (bicyclic) bond motifs is 3. The highest BCUT2D eigenvalue weighted by atomic mass is 32.2. The Morgan fingerprint density at radius 3 is 2.86 bits per heavy atom. The molecule has 3 aromatic rings. The second-order valence-corrected chi connectivity index (χ2v) is 8.17. The van der Waals surface area contributed by atoms with Crippen LogP contribution in [0.1, 0.15) is 20.8 Å². The predicted octanol–water partition coefficient (Wildman–Crippen LogP) is 2.43. The zero-order chi connectivity index (χ0) is 20.5. The molecule has 10 heteroatoms. The lowest BCUT2D eigenvalue weighted by atomic mass is 10.2. The summed E-state index contributed by atoms with van der Waals surface area (Å²) in [7, 11) is -1.67. The van der Waals surface area contributed by atoms with Gasteiger partial charge < -0.3 is 24.8 Å². The maximum absolute atomic E-state index is 11.8. The number of aromatic nitrogens is 2. The molecule has 0 spiro atoms. The van der Waals surface area contributed by atoms with Gasteiger partial charge in [-0.1, -0.05) is 12.2 Å². The van der Waals surface area contributed by atoms with Crippen LogP contribution < -0.4 is 16.2 Å². The highest BCUT2D eigenvalue weighted by Gasteiger charge is 2.18. The minimum absolute atomic E-state index is 0.289. The first-order chi connectivity index (χ1) is 13.2. The number of allylic oxidation sites excluding steroid dienone is 1. The van der Waals surface area contributed by atoms with Gasteiger partial charge in [-0.25, -0.2) is 19.1 Å². The normalized spacial score (nSPS) is 13.4. The van der Waals surface area contributed by atoms with Crippen LogP contribution in [0.4, 0.5) is 10.7 Å². The molecule has 2 heterocycles. The summed E-state index contributed by atoms with van der Waals surface area (Å²) < 4.78 is 24.3. The van der Waals surface area contributed by atoms with Gasteiger partial charge in [-0.2, -0.15) is 0 Å². The fourth-order valence-electron chi connectivity index (χ4n) is 2.79. The number of amides is 1. The lowest BCUT2D eigenvalue weighted by molar-refractivity contribution is 0.0534. The minimum atomic E-state index is -1.67. The van der Waals surface area contributed by atoms with E-state index < -0.39 is 22.7 Å². The SMILES string of the molecule is CC(C)(C)OC(=O)NC/C=C/Cn1c(N)nc2cc(S(N)=O)c3ccoc3c21. The molecule has 9 nitrogen and oxygen atoms in total. The Balaban J connectivity index is 1.79. The summed E-state index contributed by atoms with van der Waals surface area (Å²) in [4.78, 5) is 16.4. The maximum atomic E-state index is 11.8. The van der Waals surface area contributed by atoms with E-state index in [9.17, 15) is 9.00 Å². The number of anilines is 1. The van der Waals surface area contributed by atoms with E-state index in [1.165, 1.54) is 6.26 Å². The molecule has 0 saturated heterocycles. The molecule has 1 aromatic carbocycles. The quantitative estimate of drug-likeness (QED) is 0.557. The first-order valence-electron chi connectivity index (χ1n) is 8.61. The van der Waals surface area contributed by atoms with Crippen LogP contribution >= 0.6 is 0 Å². The van der Waals surface area contributed by atoms with Crippen molar-refractivity contribution in [1.29, 1.82) is 0 Å². The molecule has 28 heavy (non-hydrogen) atoms. The number of nitrogens with two attached hydrogens (primary N) is 2. The molecular formula is C18H23N5O4S. The topological polar surface area (TPSA) is 138 Å². The molecule has 1 atom stereocenters. The number of alkyl carbamates (subject to hydrolysis) is 1. The number of furan rings is 1. The second kappa shape index (κ2) is 7.64. The molecule has 3 rings (SSSR count). The third-order valence-corrected chi connectivity index (χ3v) is 4.64. The standard InChI is InChI=1S/C18H23N5O4S/c1-18(2,3)27-17(24)21-7-4-5-8-23-14-12(22-16(23)19)10-13(28(20)25)11-6-9-26-15(11)14/h4-6,9-10H,7-8,20H2,1-3H3,(H2,19,22)(H,21,24)/b5-4+. The van der Waals surface area contributed by atoms with E-state index in [0.717, 1.165) is 0 Å². The Labute approximate surface area is 164 Å². The van der Waals surface area contributed by atoms with Crippen molar-refractivity contribution in [1.82, 2.24) is 14.9 Å². The second-order valence-electron chi connectivity index (χ2n) is 7.14. The Kier molecular flexibility index (Phi) is 5.43. The Hall–Kier alpha value is -2.85. The van der Waals surface area contributed by atoms with Gasteiger partial charge in [0.1, 0.15) is 22.1 Å². The number of nitrogens with one attached hydrogen (secondary N) is 1. The number of nitrogen functional groups attached to an aromatic ring is 1. The number of carbonyl (C=O) groups is 1. The van der Waals surface area contributed by atoms with E-state index in [-0.39, 0.29) is 5.95 Å². The number of hydrogen-bond donors (Lipinski definition) is 3. The molecule has 150 valence electrons. The van der Waals surface area contributed by atoms with Crippen molar-refractivity contribution < 1.29 is 18.2 Å². The van der Waals surface area contributed by atoms with Crippen LogP contribution in [-0.4, -0.2) is 32.0 Å². The monoisotopic (exact) mass is 405 g/mol. The number of nitrogens with zero attached hydrogens (tertiary/aromatic N) is 2. The van der Waals surface area contributed by atoms with Crippen molar-refractivity contribution in [2.24, 2.45) is 5.14 Å². The van der Waals surface area contributed by atoms with Crippen molar-refractivity contribution in [2.45, 2.75) is 37.8 Å². The Bertz CT molecular complexity index is 1080. The number of hydrogen-bond acceptors (Lipinski definition) is 6. The van der Waals surface area contributed by atoms with Gasteiger partial charge in [-0.3, -0.25) is 0 Å². The summed E-state index contributed by atoms with van der Waals surface area (Å²) in [6.45, 7) is 6.14. The van der Waals surface area contributed by atoms with E-state index in [1.807, 2.05) is 6.08 Å². The first-order valence-corrected chi connectivity index (χ1v) is 9.82. The van der Waals surface area contributed by atoms with Crippen molar-refractivity contribution in [3.8, 4) is 0 Å². The van der Waals surface area contributed by atoms with Gasteiger partial charge in [0.15, 0.2) is 5.58 Å². The van der Waals surface area contributed by atoms with Gasteiger partial charge in [-0.15, -0.1) is 0 Å². The van der Waals surface area contributed by atoms with E-state index in [1.54, 1.807) is 43.5 Å². The molecule has 0 radical (unpaired) electrons. The molecule has 0 saturated carbocycles. The zero-order valence-electron chi connectivity index (χ0n) is 15.9. The molecule has 0 bridgehead atoms. The van der Waals surface area contributed by atoms with E-state index in [2.05, 4.69) is 10.3 Å². The van der Waals surface area contributed by atoms with Crippen molar-refractivity contribution in [2.75, 3.05) is 12.3 Å². The van der Waals surface area contributed by atoms with E-state index in [0.29, 0.717) is 40.0 Å². The first kappa shape index (κ1) is 19.9. The maximum Gasteiger partial charge on any atom is 0.407 e. The number of benzene rings is 1. The van der Waals surface area contributed by atoms with Crippen LogP contribution in [0.25, 0.3) is 22.0 Å². The zero-order valence-corrected chi connectivity index (χ0v) is 16.7. The van der Waals surface area contributed by atoms with Crippen LogP contribution in [0.5, 0.6) is 0 Å². The van der Waals surface area contributed by atoms with Crippen LogP contribution in [0.3, 0.4) is 0 Å². The smallest absolute Gasteiger partial charge is 0.407 e. The van der Waals surface area contributed by atoms with Crippen molar-refractivity contribution in [3.05, 3.63) is 30.5 Å². The lowest BCUT2D eigenvalue weighted by Crippen LogP contribution is -2.32. The summed E-state index contributed by atoms with van der Waals surface area (Å²) in [6, 6.07) is 3.37. The fourth-order valence-corrected chi connectivity index (χ4v) is 3.39. The number of rotatable bonds is 5. The lowest BCUT2D eigenvalue weighted by Gasteiger charge is -2.19. The average molecular weight is 405 g/mol. The van der Waals surface area contributed by atoms with Crippen molar-refractivity contribution in [3.63, 3.8) is 0 Å². The van der Waals surface area contributed by atoms with E-state index >= 15 is 0 Å². The molecule has 2 aromatic heterocycles. The van der Waals surface area contributed by atoms with E-state index in [4.69, 9.17) is 20.0 Å². The highest BCUT2D eigenvalue weighted by molar-refractivity contribution is 7.83. The van der Waals surface area contributed by atoms with Crippen LogP contribution in [-0.2, 0) is 22.3 Å². The van der Waals surface area contributed by atoms with Gasteiger partial charge in [-0.05, 0) is 32.9 Å². The number of carbonyl (C=O) groups excluding carboxylic acids is 1. The average Bonchev–Trinajstić information content (AvgIpc) is 3.16. The van der Waals surface area contributed by atoms with Gasteiger partial charge in [0.2, 0.25) is 5.95 Å². The van der Waals surface area contributed by atoms with Crippen LogP contribution in [0.2, 0.25) is 0 Å². The molecule has 5 N–H and O–H groups in total.